The Kier molecular flexibility index (Phi) is 3.82. The van der Waals surface area contributed by atoms with Gasteiger partial charge in [-0.3, -0.25) is 0 Å². The van der Waals surface area contributed by atoms with Crippen molar-refractivity contribution in [2.24, 2.45) is 0 Å². The number of hydrogen-bond donors (Lipinski definition) is 1. The molecule has 6 heteroatoms. The molecule has 0 unspecified atom stereocenters. The predicted molar refractivity (Wildman–Crippen MR) is 83.3 cm³/mol. The second-order valence-corrected chi connectivity index (χ2v) is 4.86. The molecule has 19 heavy (non-hydrogen) atoms. The van der Waals surface area contributed by atoms with Crippen LogP contribution in [0.15, 0.2) is 28.0 Å². The first-order valence-corrected chi connectivity index (χ1v) is 6.35. The van der Waals surface area contributed by atoms with Crippen LogP contribution in [0.2, 0.25) is 0 Å². The molecule has 0 aliphatic carbocycles. The van der Waals surface area contributed by atoms with E-state index >= 15 is 0 Å². The molecule has 0 saturated carbocycles. The van der Waals surface area contributed by atoms with Crippen molar-refractivity contribution in [3.63, 3.8) is 0 Å². The van der Waals surface area contributed by atoms with E-state index in [1.807, 2.05) is 30.5 Å². The van der Waals surface area contributed by atoms with Crippen LogP contribution in [0.1, 0.15) is 5.76 Å². The SMILES string of the molecule is Br.COc1ccc2oc(C)c(-c3csc(N)n3)c2c1. The Bertz CT molecular complexity index is 721. The molecule has 2 heterocycles. The van der Waals surface area contributed by atoms with Gasteiger partial charge in [0.25, 0.3) is 0 Å². The lowest BCUT2D eigenvalue weighted by atomic mass is 10.1. The lowest BCUT2D eigenvalue weighted by Gasteiger charge is -1.99. The van der Waals surface area contributed by atoms with Gasteiger partial charge in [-0.1, -0.05) is 0 Å². The molecule has 2 aromatic heterocycles. The fourth-order valence-electron chi connectivity index (χ4n) is 2.05. The Balaban J connectivity index is 0.00000133. The summed E-state index contributed by atoms with van der Waals surface area (Å²) in [6, 6.07) is 5.74. The largest absolute Gasteiger partial charge is 0.497 e. The number of aromatic nitrogens is 1. The molecule has 2 N–H and O–H groups in total. The van der Waals surface area contributed by atoms with Crippen molar-refractivity contribution in [1.29, 1.82) is 0 Å². The van der Waals surface area contributed by atoms with Gasteiger partial charge in [0.1, 0.15) is 17.1 Å². The number of methoxy groups -OCH3 is 1. The topological polar surface area (TPSA) is 61.3 Å². The van der Waals surface area contributed by atoms with Gasteiger partial charge >= 0.3 is 0 Å². The molecule has 0 aliphatic rings. The lowest BCUT2D eigenvalue weighted by Crippen LogP contribution is -1.84. The van der Waals surface area contributed by atoms with E-state index in [-0.39, 0.29) is 17.0 Å². The quantitative estimate of drug-likeness (QED) is 0.764. The van der Waals surface area contributed by atoms with E-state index in [4.69, 9.17) is 14.9 Å². The molecule has 100 valence electrons. The molecular weight excluding hydrogens is 328 g/mol. The Morgan fingerprint density at radius 3 is 2.79 bits per heavy atom. The van der Waals surface area contributed by atoms with Gasteiger partial charge in [-0.15, -0.1) is 28.3 Å². The number of nitrogens with zero attached hydrogens (tertiary/aromatic N) is 1. The van der Waals surface area contributed by atoms with Crippen LogP contribution in [0.3, 0.4) is 0 Å². The summed E-state index contributed by atoms with van der Waals surface area (Å²) in [5.74, 6) is 1.64. The fourth-order valence-corrected chi connectivity index (χ4v) is 2.60. The van der Waals surface area contributed by atoms with Gasteiger partial charge in [-0.2, -0.15) is 0 Å². The van der Waals surface area contributed by atoms with Gasteiger partial charge in [-0.05, 0) is 25.1 Å². The summed E-state index contributed by atoms with van der Waals surface area (Å²) in [5, 5.41) is 3.49. The average Bonchev–Trinajstić information content (AvgIpc) is 2.90. The van der Waals surface area contributed by atoms with Crippen LogP contribution < -0.4 is 10.5 Å². The van der Waals surface area contributed by atoms with E-state index in [0.717, 1.165) is 33.7 Å². The van der Waals surface area contributed by atoms with E-state index in [2.05, 4.69) is 4.98 Å². The van der Waals surface area contributed by atoms with E-state index in [9.17, 15) is 0 Å². The van der Waals surface area contributed by atoms with Crippen molar-refractivity contribution in [2.75, 3.05) is 12.8 Å². The van der Waals surface area contributed by atoms with Crippen molar-refractivity contribution in [2.45, 2.75) is 6.92 Å². The summed E-state index contributed by atoms with van der Waals surface area (Å²) in [5.41, 5.74) is 8.35. The molecule has 0 bridgehead atoms. The van der Waals surface area contributed by atoms with Gasteiger partial charge in [0.2, 0.25) is 0 Å². The number of halogens is 1. The Labute approximate surface area is 125 Å². The van der Waals surface area contributed by atoms with Crippen molar-refractivity contribution in [3.8, 4) is 17.0 Å². The van der Waals surface area contributed by atoms with Crippen LogP contribution in [0.5, 0.6) is 5.75 Å². The number of furan rings is 1. The van der Waals surface area contributed by atoms with Gasteiger partial charge < -0.3 is 14.9 Å². The number of anilines is 1. The summed E-state index contributed by atoms with van der Waals surface area (Å²) < 4.78 is 11.0. The molecule has 1 aromatic carbocycles. The number of aryl methyl sites for hydroxylation is 1. The number of benzene rings is 1. The zero-order chi connectivity index (χ0) is 12.7. The van der Waals surface area contributed by atoms with E-state index < -0.39 is 0 Å². The second-order valence-electron chi connectivity index (χ2n) is 3.97. The van der Waals surface area contributed by atoms with E-state index in [0.29, 0.717) is 5.13 Å². The number of nitrogen functional groups attached to an aromatic ring is 1. The van der Waals surface area contributed by atoms with Gasteiger partial charge in [0.15, 0.2) is 5.13 Å². The Morgan fingerprint density at radius 2 is 2.16 bits per heavy atom. The third-order valence-electron chi connectivity index (χ3n) is 2.85. The highest BCUT2D eigenvalue weighted by molar-refractivity contribution is 8.93. The second kappa shape index (κ2) is 5.22. The predicted octanol–water partition coefficient (Wildman–Crippen LogP) is 4.03. The average molecular weight is 341 g/mol. The van der Waals surface area contributed by atoms with Crippen LogP contribution in [0.25, 0.3) is 22.2 Å². The molecule has 0 spiro atoms. The number of hydrogen-bond acceptors (Lipinski definition) is 5. The molecule has 3 rings (SSSR count). The lowest BCUT2D eigenvalue weighted by molar-refractivity contribution is 0.415. The number of fused-ring (bicyclic) bond motifs is 1. The summed E-state index contributed by atoms with van der Waals surface area (Å²) in [6.45, 7) is 1.93. The minimum absolute atomic E-state index is 0. The van der Waals surface area contributed by atoms with Crippen LogP contribution in [-0.2, 0) is 0 Å². The van der Waals surface area contributed by atoms with Crippen LogP contribution in [0.4, 0.5) is 5.13 Å². The minimum Gasteiger partial charge on any atom is -0.497 e. The van der Waals surface area contributed by atoms with Crippen LogP contribution in [0, 0.1) is 6.92 Å². The molecule has 3 aromatic rings. The smallest absolute Gasteiger partial charge is 0.180 e. The number of rotatable bonds is 2. The third kappa shape index (κ3) is 2.33. The van der Waals surface area contributed by atoms with E-state index in [1.54, 1.807) is 7.11 Å². The highest BCUT2D eigenvalue weighted by Gasteiger charge is 2.15. The molecule has 0 saturated heterocycles. The fraction of sp³-hybridized carbons (Fsp3) is 0.154. The highest BCUT2D eigenvalue weighted by Crippen LogP contribution is 2.36. The highest BCUT2D eigenvalue weighted by atomic mass is 79.9. The molecular formula is C13H13BrN2O2S. The van der Waals surface area contributed by atoms with Crippen molar-refractivity contribution >= 4 is 44.4 Å². The number of ether oxygens (including phenoxy) is 1. The third-order valence-corrected chi connectivity index (χ3v) is 3.52. The van der Waals surface area contributed by atoms with Crippen LogP contribution >= 0.6 is 28.3 Å². The minimum atomic E-state index is 0. The zero-order valence-electron chi connectivity index (χ0n) is 10.5. The number of nitrogens with two attached hydrogens (primary N) is 1. The first-order valence-electron chi connectivity index (χ1n) is 5.47. The standard InChI is InChI=1S/C13H12N2O2S.BrH/c1-7-12(10-6-18-13(14)15-10)9-5-8(16-2)3-4-11(9)17-7;/h3-6H,1-2H3,(H2,14,15);1H. The van der Waals surface area contributed by atoms with Crippen LogP contribution in [-0.4, -0.2) is 12.1 Å². The maximum atomic E-state index is 5.73. The Morgan fingerprint density at radius 1 is 1.37 bits per heavy atom. The van der Waals surface area contributed by atoms with Gasteiger partial charge in [-0.25, -0.2) is 4.98 Å². The molecule has 4 nitrogen and oxygen atoms in total. The molecule has 0 fully saturated rings. The van der Waals surface area contributed by atoms with Crippen molar-refractivity contribution in [3.05, 3.63) is 29.3 Å². The first-order chi connectivity index (χ1) is 8.69. The Hall–Kier alpha value is -1.53. The first kappa shape index (κ1) is 13.9. The zero-order valence-corrected chi connectivity index (χ0v) is 13.0. The maximum absolute atomic E-state index is 5.73. The van der Waals surface area contributed by atoms with Gasteiger partial charge in [0, 0.05) is 10.8 Å². The molecule has 0 atom stereocenters. The molecule has 0 aliphatic heterocycles. The molecule has 0 amide bonds. The summed E-state index contributed by atoms with van der Waals surface area (Å²) in [4.78, 5) is 4.32. The van der Waals surface area contributed by atoms with Gasteiger partial charge in [0.05, 0.1) is 18.4 Å². The summed E-state index contributed by atoms with van der Waals surface area (Å²) in [6.07, 6.45) is 0. The van der Waals surface area contributed by atoms with E-state index in [1.165, 1.54) is 11.3 Å². The van der Waals surface area contributed by atoms with Crippen molar-refractivity contribution in [1.82, 2.24) is 4.98 Å². The van der Waals surface area contributed by atoms with Crippen molar-refractivity contribution < 1.29 is 9.15 Å². The summed E-state index contributed by atoms with van der Waals surface area (Å²) >= 11 is 1.42. The normalized spacial score (nSPS) is 10.4. The monoisotopic (exact) mass is 340 g/mol. The number of thiazole rings is 1. The maximum Gasteiger partial charge on any atom is 0.180 e. The molecule has 0 radical (unpaired) electrons. The summed E-state index contributed by atoms with van der Waals surface area (Å²) in [7, 11) is 1.65.